The van der Waals surface area contributed by atoms with Crippen molar-refractivity contribution >= 4 is 46.6 Å². The first kappa shape index (κ1) is 21.5. The van der Waals surface area contributed by atoms with E-state index in [0.717, 1.165) is 0 Å². The highest BCUT2D eigenvalue weighted by Gasteiger charge is 2.27. The van der Waals surface area contributed by atoms with Crippen molar-refractivity contribution in [2.24, 2.45) is 0 Å². The van der Waals surface area contributed by atoms with E-state index in [2.05, 4.69) is 5.32 Å². The second kappa shape index (κ2) is 9.40. The zero-order chi connectivity index (χ0) is 20.1. The van der Waals surface area contributed by atoms with Crippen molar-refractivity contribution in [3.8, 4) is 0 Å². The molecule has 2 aromatic rings. The van der Waals surface area contributed by atoms with Crippen LogP contribution >= 0.6 is 34.8 Å². The lowest BCUT2D eigenvalue weighted by Crippen LogP contribution is -2.47. The molecule has 4 nitrogen and oxygen atoms in total. The van der Waals surface area contributed by atoms with Crippen LogP contribution in [0.3, 0.4) is 0 Å². The lowest BCUT2D eigenvalue weighted by molar-refractivity contribution is -0.139. The van der Waals surface area contributed by atoms with Crippen molar-refractivity contribution in [2.75, 3.05) is 7.05 Å². The Bertz CT molecular complexity index is 841. The topological polar surface area (TPSA) is 49.4 Å². The van der Waals surface area contributed by atoms with E-state index in [0.29, 0.717) is 15.6 Å². The summed E-state index contributed by atoms with van der Waals surface area (Å²) in [7, 11) is 1.48. The molecule has 0 aliphatic heterocycles. The maximum Gasteiger partial charge on any atom is 0.242 e. The van der Waals surface area contributed by atoms with E-state index in [1.807, 2.05) is 0 Å². The Labute approximate surface area is 172 Å². The second-order valence-corrected chi connectivity index (χ2v) is 7.18. The fraction of sp³-hybridized carbons (Fsp3) is 0.263. The first-order valence-corrected chi connectivity index (χ1v) is 9.25. The highest BCUT2D eigenvalue weighted by atomic mass is 35.5. The van der Waals surface area contributed by atoms with Gasteiger partial charge in [0.1, 0.15) is 11.9 Å². The van der Waals surface area contributed by atoms with Crippen LogP contribution in [0, 0.1) is 5.82 Å². The minimum absolute atomic E-state index is 0.0650. The number of nitrogens with one attached hydrogen (secondary N) is 1. The fourth-order valence-electron chi connectivity index (χ4n) is 2.58. The SMILES string of the molecule is CNC(=O)[C@H](C)N(Cc1ccc(Cl)cc1Cl)C(=O)Cc1c(F)cccc1Cl. The third kappa shape index (κ3) is 5.34. The summed E-state index contributed by atoms with van der Waals surface area (Å²) in [4.78, 5) is 26.4. The van der Waals surface area contributed by atoms with Crippen LogP contribution in [0.4, 0.5) is 4.39 Å². The van der Waals surface area contributed by atoms with Crippen molar-refractivity contribution in [3.63, 3.8) is 0 Å². The van der Waals surface area contributed by atoms with Gasteiger partial charge in [-0.1, -0.05) is 46.9 Å². The molecule has 0 spiro atoms. The molecule has 0 aliphatic carbocycles. The summed E-state index contributed by atoms with van der Waals surface area (Å²) >= 11 is 18.1. The molecule has 144 valence electrons. The van der Waals surface area contributed by atoms with Gasteiger partial charge in [0.05, 0.1) is 6.42 Å². The molecule has 2 rings (SSSR count). The maximum atomic E-state index is 14.1. The Kier molecular flexibility index (Phi) is 7.48. The molecule has 0 heterocycles. The molecule has 0 aliphatic rings. The maximum absolute atomic E-state index is 14.1. The van der Waals surface area contributed by atoms with E-state index in [4.69, 9.17) is 34.8 Å². The van der Waals surface area contributed by atoms with Crippen LogP contribution in [0.1, 0.15) is 18.1 Å². The lowest BCUT2D eigenvalue weighted by atomic mass is 10.1. The Morgan fingerprint density at radius 3 is 2.44 bits per heavy atom. The van der Waals surface area contributed by atoms with Gasteiger partial charge in [-0.05, 0) is 36.8 Å². The van der Waals surface area contributed by atoms with Gasteiger partial charge in [-0.3, -0.25) is 9.59 Å². The highest BCUT2D eigenvalue weighted by molar-refractivity contribution is 6.35. The molecule has 8 heteroatoms. The molecule has 0 aromatic heterocycles. The van der Waals surface area contributed by atoms with Crippen LogP contribution in [0.25, 0.3) is 0 Å². The third-order valence-electron chi connectivity index (χ3n) is 4.16. The minimum atomic E-state index is -0.792. The second-order valence-electron chi connectivity index (χ2n) is 5.92. The molecular formula is C19H18Cl3FN2O2. The minimum Gasteiger partial charge on any atom is -0.357 e. The van der Waals surface area contributed by atoms with Crippen molar-refractivity contribution in [3.05, 3.63) is 68.4 Å². The van der Waals surface area contributed by atoms with Gasteiger partial charge < -0.3 is 10.2 Å². The predicted octanol–water partition coefficient (Wildman–Crippen LogP) is 4.49. The van der Waals surface area contributed by atoms with Crippen molar-refractivity contribution < 1.29 is 14.0 Å². The largest absolute Gasteiger partial charge is 0.357 e. The molecular weight excluding hydrogens is 414 g/mol. The molecule has 0 saturated heterocycles. The standard InChI is InChI=1S/C19H18Cl3FN2O2/c1-11(19(27)24-2)25(10-12-6-7-13(20)8-16(12)22)18(26)9-14-15(21)4-3-5-17(14)23/h3-8,11H,9-10H2,1-2H3,(H,24,27)/t11-/m0/s1. The van der Waals surface area contributed by atoms with Crippen LogP contribution in [0.15, 0.2) is 36.4 Å². The van der Waals surface area contributed by atoms with Crippen molar-refractivity contribution in [1.29, 1.82) is 0 Å². The van der Waals surface area contributed by atoms with E-state index in [1.54, 1.807) is 25.1 Å². The number of nitrogens with zero attached hydrogens (tertiary/aromatic N) is 1. The number of hydrogen-bond donors (Lipinski definition) is 1. The number of hydrogen-bond acceptors (Lipinski definition) is 2. The average Bonchev–Trinajstić information content (AvgIpc) is 2.62. The van der Waals surface area contributed by atoms with Crippen LogP contribution < -0.4 is 5.32 Å². The molecule has 1 N–H and O–H groups in total. The van der Waals surface area contributed by atoms with E-state index < -0.39 is 17.8 Å². The number of rotatable bonds is 6. The Morgan fingerprint density at radius 1 is 1.15 bits per heavy atom. The Morgan fingerprint density at radius 2 is 1.85 bits per heavy atom. The van der Waals surface area contributed by atoms with Gasteiger partial charge >= 0.3 is 0 Å². The number of likely N-dealkylation sites (N-methyl/N-ethyl adjacent to an activating group) is 1. The van der Waals surface area contributed by atoms with Gasteiger partial charge in [0.25, 0.3) is 0 Å². The number of amides is 2. The van der Waals surface area contributed by atoms with E-state index in [1.165, 1.54) is 30.1 Å². The summed E-state index contributed by atoms with van der Waals surface area (Å²) in [6, 6.07) is 8.29. The zero-order valence-corrected chi connectivity index (χ0v) is 17.0. The molecule has 0 saturated carbocycles. The normalized spacial score (nSPS) is 11.8. The third-order valence-corrected chi connectivity index (χ3v) is 5.10. The molecule has 0 bridgehead atoms. The zero-order valence-electron chi connectivity index (χ0n) is 14.7. The summed E-state index contributed by atoms with van der Waals surface area (Å²) in [6.07, 6.45) is -0.280. The Hall–Kier alpha value is -1.82. The van der Waals surface area contributed by atoms with E-state index >= 15 is 0 Å². The van der Waals surface area contributed by atoms with E-state index in [-0.39, 0.29) is 29.5 Å². The van der Waals surface area contributed by atoms with Crippen molar-refractivity contribution in [1.82, 2.24) is 10.2 Å². The van der Waals surface area contributed by atoms with Crippen LogP contribution in [-0.2, 0) is 22.6 Å². The highest BCUT2D eigenvalue weighted by Crippen LogP contribution is 2.25. The predicted molar refractivity (Wildman–Crippen MR) is 106 cm³/mol. The molecule has 2 aromatic carbocycles. The number of benzene rings is 2. The molecule has 0 radical (unpaired) electrons. The van der Waals surface area contributed by atoms with Crippen LogP contribution in [0.5, 0.6) is 0 Å². The first-order valence-electron chi connectivity index (χ1n) is 8.12. The average molecular weight is 432 g/mol. The number of carbonyl (C=O) groups excluding carboxylic acids is 2. The fourth-order valence-corrected chi connectivity index (χ4v) is 3.28. The number of carbonyl (C=O) groups is 2. The summed E-state index contributed by atoms with van der Waals surface area (Å²) in [6.45, 7) is 1.65. The molecule has 1 atom stereocenters. The van der Waals surface area contributed by atoms with E-state index in [9.17, 15) is 14.0 Å². The van der Waals surface area contributed by atoms with Gasteiger partial charge in [0.15, 0.2) is 0 Å². The number of halogens is 4. The summed E-state index contributed by atoms with van der Waals surface area (Å²) in [5.41, 5.74) is 0.699. The van der Waals surface area contributed by atoms with Crippen LogP contribution in [-0.4, -0.2) is 29.8 Å². The summed E-state index contributed by atoms with van der Waals surface area (Å²) in [5.74, 6) is -1.38. The molecule has 0 unspecified atom stereocenters. The Balaban J connectivity index is 2.34. The first-order chi connectivity index (χ1) is 12.7. The lowest BCUT2D eigenvalue weighted by Gasteiger charge is -2.29. The van der Waals surface area contributed by atoms with Gasteiger partial charge in [-0.2, -0.15) is 0 Å². The van der Waals surface area contributed by atoms with Gasteiger partial charge in [-0.25, -0.2) is 4.39 Å². The quantitative estimate of drug-likeness (QED) is 0.732. The molecule has 0 fully saturated rings. The monoisotopic (exact) mass is 430 g/mol. The van der Waals surface area contributed by atoms with Crippen LogP contribution in [0.2, 0.25) is 15.1 Å². The molecule has 2 amide bonds. The summed E-state index contributed by atoms with van der Waals surface area (Å²) in [5, 5.41) is 3.49. The molecule has 27 heavy (non-hydrogen) atoms. The van der Waals surface area contributed by atoms with Gasteiger partial charge in [-0.15, -0.1) is 0 Å². The van der Waals surface area contributed by atoms with Gasteiger partial charge in [0, 0.05) is 34.2 Å². The smallest absolute Gasteiger partial charge is 0.242 e. The summed E-state index contributed by atoms with van der Waals surface area (Å²) < 4.78 is 14.1. The van der Waals surface area contributed by atoms with Gasteiger partial charge in [0.2, 0.25) is 11.8 Å². The van der Waals surface area contributed by atoms with Crippen molar-refractivity contribution in [2.45, 2.75) is 25.9 Å².